The van der Waals surface area contributed by atoms with Crippen LogP contribution in [0.1, 0.15) is 35.4 Å². The molecule has 0 aliphatic heterocycles. The topological polar surface area (TPSA) is 103 Å². The van der Waals surface area contributed by atoms with Crippen LogP contribution in [0.15, 0.2) is 6.20 Å². The van der Waals surface area contributed by atoms with Crippen molar-refractivity contribution in [2.45, 2.75) is 33.1 Å². The summed E-state index contributed by atoms with van der Waals surface area (Å²) in [5.41, 5.74) is 3.57. The molecule has 0 saturated heterocycles. The number of nitrogens with zero attached hydrogens (tertiary/aromatic N) is 5. The number of nitriles is 1. The van der Waals surface area contributed by atoms with Crippen molar-refractivity contribution in [1.82, 2.24) is 24.8 Å². The lowest BCUT2D eigenvalue weighted by Crippen LogP contribution is -2.30. The van der Waals surface area contributed by atoms with Gasteiger partial charge in [0.1, 0.15) is 11.6 Å². The monoisotopic (exact) mass is 342 g/mol. The predicted octanol–water partition coefficient (Wildman–Crippen LogP) is 0.745. The van der Waals surface area contributed by atoms with Crippen LogP contribution in [0, 0.1) is 25.2 Å². The van der Waals surface area contributed by atoms with Crippen molar-refractivity contribution in [3.63, 3.8) is 0 Å². The first-order valence-corrected chi connectivity index (χ1v) is 8.06. The zero-order valence-electron chi connectivity index (χ0n) is 15.0. The number of nitrogens with one attached hydrogen (secondary N) is 1. The van der Waals surface area contributed by atoms with E-state index in [-0.39, 0.29) is 18.2 Å². The van der Waals surface area contributed by atoms with Crippen LogP contribution in [0.2, 0.25) is 0 Å². The first-order chi connectivity index (χ1) is 11.8. The van der Waals surface area contributed by atoms with Crippen LogP contribution in [0.25, 0.3) is 5.65 Å². The van der Waals surface area contributed by atoms with Gasteiger partial charge in [-0.15, -0.1) is 0 Å². The van der Waals surface area contributed by atoms with Gasteiger partial charge in [0.25, 0.3) is 0 Å². The molecule has 2 amide bonds. The van der Waals surface area contributed by atoms with E-state index in [2.05, 4.69) is 21.5 Å². The average molecular weight is 342 g/mol. The maximum atomic E-state index is 12.0. The Morgan fingerprint density at radius 1 is 1.32 bits per heavy atom. The second kappa shape index (κ2) is 7.75. The zero-order chi connectivity index (χ0) is 18.6. The van der Waals surface area contributed by atoms with Gasteiger partial charge in [-0.2, -0.15) is 10.4 Å². The van der Waals surface area contributed by atoms with Crippen LogP contribution in [0.4, 0.5) is 0 Å². The summed E-state index contributed by atoms with van der Waals surface area (Å²) < 4.78 is 1.63. The molecule has 0 atom stereocenters. The average Bonchev–Trinajstić information content (AvgIpc) is 2.97. The molecule has 8 nitrogen and oxygen atoms in total. The Hall–Kier alpha value is -2.95. The van der Waals surface area contributed by atoms with Crippen molar-refractivity contribution in [2.75, 3.05) is 20.6 Å². The molecule has 2 aromatic heterocycles. The van der Waals surface area contributed by atoms with E-state index in [1.54, 1.807) is 18.6 Å². The standard InChI is InChI=1S/C17H22N6O2/c1-11-14(5-6-15(24)19-8-7-16(25)22(3)4)12(2)23-17(21-11)13(9-18)10-20-23/h10H,5-8H2,1-4H3,(H,19,24). The number of fused-ring (bicyclic) bond motifs is 1. The van der Waals surface area contributed by atoms with Crippen molar-refractivity contribution >= 4 is 17.5 Å². The fourth-order valence-corrected chi connectivity index (χ4v) is 2.61. The number of carbonyl (C=O) groups is 2. The third-order valence-electron chi connectivity index (χ3n) is 4.09. The third kappa shape index (κ3) is 4.12. The summed E-state index contributed by atoms with van der Waals surface area (Å²) >= 11 is 0. The molecule has 0 spiro atoms. The number of aromatic nitrogens is 3. The van der Waals surface area contributed by atoms with Gasteiger partial charge in [-0.1, -0.05) is 0 Å². The van der Waals surface area contributed by atoms with Gasteiger partial charge >= 0.3 is 0 Å². The minimum absolute atomic E-state index is 0.0198. The Bertz CT molecular complexity index is 847. The van der Waals surface area contributed by atoms with Gasteiger partial charge in [0.15, 0.2) is 5.65 Å². The van der Waals surface area contributed by atoms with Crippen molar-refractivity contribution in [3.05, 3.63) is 28.7 Å². The molecule has 0 saturated carbocycles. The molecule has 0 aliphatic carbocycles. The summed E-state index contributed by atoms with van der Waals surface area (Å²) in [5.74, 6) is -0.128. The van der Waals surface area contributed by atoms with Gasteiger partial charge in [0.2, 0.25) is 11.8 Å². The predicted molar refractivity (Wildman–Crippen MR) is 91.8 cm³/mol. The molecule has 0 fully saturated rings. The first-order valence-electron chi connectivity index (χ1n) is 8.06. The molecule has 1 N–H and O–H groups in total. The number of rotatable bonds is 6. The second-order valence-electron chi connectivity index (χ2n) is 6.05. The maximum Gasteiger partial charge on any atom is 0.223 e. The summed E-state index contributed by atoms with van der Waals surface area (Å²) in [6, 6.07) is 2.07. The normalized spacial score (nSPS) is 10.5. The lowest BCUT2D eigenvalue weighted by atomic mass is 10.1. The highest BCUT2D eigenvalue weighted by molar-refractivity contribution is 5.79. The largest absolute Gasteiger partial charge is 0.356 e. The first kappa shape index (κ1) is 18.4. The molecule has 132 valence electrons. The smallest absolute Gasteiger partial charge is 0.223 e. The quantitative estimate of drug-likeness (QED) is 0.834. The number of carbonyl (C=O) groups excluding carboxylic acids is 2. The Kier molecular flexibility index (Phi) is 5.70. The van der Waals surface area contributed by atoms with Crippen LogP contribution < -0.4 is 5.32 Å². The SMILES string of the molecule is Cc1nc2c(C#N)cnn2c(C)c1CCC(=O)NCCC(=O)N(C)C. The molecule has 0 radical (unpaired) electrons. The van der Waals surface area contributed by atoms with E-state index in [1.807, 2.05) is 13.8 Å². The molecule has 0 aromatic carbocycles. The van der Waals surface area contributed by atoms with Crippen LogP contribution in [0.3, 0.4) is 0 Å². The molecular weight excluding hydrogens is 320 g/mol. The van der Waals surface area contributed by atoms with Crippen LogP contribution in [-0.4, -0.2) is 52.0 Å². The highest BCUT2D eigenvalue weighted by Crippen LogP contribution is 2.18. The van der Waals surface area contributed by atoms with Crippen molar-refractivity contribution in [2.24, 2.45) is 0 Å². The van der Waals surface area contributed by atoms with Gasteiger partial charge in [-0.25, -0.2) is 9.50 Å². The van der Waals surface area contributed by atoms with Crippen molar-refractivity contribution in [3.8, 4) is 6.07 Å². The number of amides is 2. The van der Waals surface area contributed by atoms with E-state index in [0.29, 0.717) is 30.6 Å². The van der Waals surface area contributed by atoms with Crippen molar-refractivity contribution < 1.29 is 9.59 Å². The van der Waals surface area contributed by atoms with E-state index in [9.17, 15) is 9.59 Å². The number of hydrogen-bond acceptors (Lipinski definition) is 5. The van der Waals surface area contributed by atoms with Gasteiger partial charge in [0.05, 0.1) is 6.20 Å². The van der Waals surface area contributed by atoms with E-state index in [1.165, 1.54) is 11.1 Å². The van der Waals surface area contributed by atoms with Gasteiger partial charge in [0, 0.05) is 44.9 Å². The van der Waals surface area contributed by atoms with Crippen molar-refractivity contribution in [1.29, 1.82) is 5.26 Å². The van der Waals surface area contributed by atoms with Crippen LogP contribution in [-0.2, 0) is 16.0 Å². The summed E-state index contributed by atoms with van der Waals surface area (Å²) in [7, 11) is 3.37. The van der Waals surface area contributed by atoms with Crippen LogP contribution in [0.5, 0.6) is 0 Å². The number of aryl methyl sites for hydroxylation is 2. The van der Waals surface area contributed by atoms with E-state index in [0.717, 1.165) is 17.0 Å². The van der Waals surface area contributed by atoms with Gasteiger partial charge in [-0.05, 0) is 25.8 Å². The Morgan fingerprint density at radius 2 is 2.04 bits per heavy atom. The van der Waals surface area contributed by atoms with E-state index in [4.69, 9.17) is 5.26 Å². The minimum atomic E-state index is -0.108. The second-order valence-corrected chi connectivity index (χ2v) is 6.05. The summed E-state index contributed by atoms with van der Waals surface area (Å²) in [4.78, 5) is 29.4. The van der Waals surface area contributed by atoms with Gasteiger partial charge < -0.3 is 10.2 Å². The third-order valence-corrected chi connectivity index (χ3v) is 4.09. The lowest BCUT2D eigenvalue weighted by molar-refractivity contribution is -0.128. The molecule has 0 unspecified atom stereocenters. The molecule has 8 heteroatoms. The molecule has 2 aromatic rings. The molecular formula is C17H22N6O2. The lowest BCUT2D eigenvalue weighted by Gasteiger charge is -2.12. The fourth-order valence-electron chi connectivity index (χ4n) is 2.61. The van der Waals surface area contributed by atoms with Crippen LogP contribution >= 0.6 is 0 Å². The highest BCUT2D eigenvalue weighted by atomic mass is 16.2. The molecule has 25 heavy (non-hydrogen) atoms. The van der Waals surface area contributed by atoms with E-state index >= 15 is 0 Å². The maximum absolute atomic E-state index is 12.0. The molecule has 0 bridgehead atoms. The minimum Gasteiger partial charge on any atom is -0.356 e. The Balaban J connectivity index is 2.00. The summed E-state index contributed by atoms with van der Waals surface area (Å²) in [6.07, 6.45) is 2.61. The molecule has 2 rings (SSSR count). The highest BCUT2D eigenvalue weighted by Gasteiger charge is 2.14. The summed E-state index contributed by atoms with van der Waals surface area (Å²) in [6.45, 7) is 4.10. The van der Waals surface area contributed by atoms with Gasteiger partial charge in [-0.3, -0.25) is 9.59 Å². The zero-order valence-corrected chi connectivity index (χ0v) is 15.0. The summed E-state index contributed by atoms with van der Waals surface area (Å²) in [5, 5.41) is 16.0. The Labute approximate surface area is 146 Å². The Morgan fingerprint density at radius 3 is 2.68 bits per heavy atom. The van der Waals surface area contributed by atoms with E-state index < -0.39 is 0 Å². The fraction of sp³-hybridized carbons (Fsp3) is 0.471. The molecule has 2 heterocycles. The number of hydrogen-bond donors (Lipinski definition) is 1. The molecule has 0 aliphatic rings.